The fraction of sp³-hybridized carbons (Fsp3) is 0.917. The summed E-state index contributed by atoms with van der Waals surface area (Å²) in [5.41, 5.74) is 0. The molecule has 0 aromatic rings. The molecule has 0 aliphatic heterocycles. The Kier molecular flexibility index (Phi) is 5.69. The molecule has 0 aromatic carbocycles. The minimum atomic E-state index is -0.601. The minimum absolute atomic E-state index is 0.0969. The van der Waals surface area contributed by atoms with Crippen LogP contribution in [-0.4, -0.2) is 24.3 Å². The number of rotatable bonds is 6. The van der Waals surface area contributed by atoms with Crippen molar-refractivity contribution in [3.63, 3.8) is 0 Å². The van der Waals surface area contributed by atoms with E-state index in [4.69, 9.17) is 9.84 Å². The van der Waals surface area contributed by atoms with E-state index in [2.05, 4.69) is 0 Å². The van der Waals surface area contributed by atoms with Crippen molar-refractivity contribution < 1.29 is 14.6 Å². The molecule has 0 aromatic heterocycles. The van der Waals surface area contributed by atoms with Gasteiger partial charge in [-0.3, -0.25) is 4.79 Å². The number of carboxylic acid groups (broad SMARTS) is 1. The first-order valence-corrected chi connectivity index (χ1v) is 6.06. The van der Waals surface area contributed by atoms with Crippen LogP contribution in [0, 0.1) is 11.8 Å². The molecule has 1 saturated carbocycles. The monoisotopic (exact) mass is 214 g/mol. The predicted octanol–water partition coefficient (Wildman–Crippen LogP) is 2.69. The fourth-order valence-electron chi connectivity index (χ4n) is 2.47. The lowest BCUT2D eigenvalue weighted by molar-refractivity contribution is -0.145. The van der Waals surface area contributed by atoms with Crippen molar-refractivity contribution in [1.29, 1.82) is 0 Å². The molecular formula is C12H22O3. The first-order valence-electron chi connectivity index (χ1n) is 6.06. The van der Waals surface area contributed by atoms with E-state index in [1.165, 1.54) is 6.42 Å². The van der Waals surface area contributed by atoms with Gasteiger partial charge in [0.05, 0.1) is 5.92 Å². The summed E-state index contributed by atoms with van der Waals surface area (Å²) in [5.74, 6) is -0.312. The lowest BCUT2D eigenvalue weighted by Gasteiger charge is -2.28. The SMILES string of the molecule is CCOCCCC1CCCCC1C(=O)O. The number of carbonyl (C=O) groups is 1. The third-order valence-electron chi connectivity index (χ3n) is 3.29. The van der Waals surface area contributed by atoms with Crippen LogP contribution in [0.2, 0.25) is 0 Å². The van der Waals surface area contributed by atoms with E-state index in [9.17, 15) is 4.79 Å². The van der Waals surface area contributed by atoms with Gasteiger partial charge in [-0.1, -0.05) is 12.8 Å². The van der Waals surface area contributed by atoms with Gasteiger partial charge in [-0.2, -0.15) is 0 Å². The first kappa shape index (κ1) is 12.5. The number of ether oxygens (including phenoxy) is 1. The largest absolute Gasteiger partial charge is 0.481 e. The van der Waals surface area contributed by atoms with Crippen molar-refractivity contribution in [3.05, 3.63) is 0 Å². The Hall–Kier alpha value is -0.570. The van der Waals surface area contributed by atoms with E-state index in [0.717, 1.165) is 45.3 Å². The Labute approximate surface area is 91.8 Å². The Morgan fingerprint density at radius 2 is 2.13 bits per heavy atom. The van der Waals surface area contributed by atoms with E-state index in [0.29, 0.717) is 5.92 Å². The van der Waals surface area contributed by atoms with Gasteiger partial charge in [0.25, 0.3) is 0 Å². The molecule has 0 saturated heterocycles. The van der Waals surface area contributed by atoms with Gasteiger partial charge in [0.15, 0.2) is 0 Å². The molecule has 88 valence electrons. The second kappa shape index (κ2) is 6.83. The van der Waals surface area contributed by atoms with Gasteiger partial charge >= 0.3 is 5.97 Å². The van der Waals surface area contributed by atoms with Crippen LogP contribution >= 0.6 is 0 Å². The van der Waals surface area contributed by atoms with Crippen molar-refractivity contribution in [3.8, 4) is 0 Å². The van der Waals surface area contributed by atoms with Gasteiger partial charge in [-0.25, -0.2) is 0 Å². The highest BCUT2D eigenvalue weighted by molar-refractivity contribution is 5.70. The van der Waals surface area contributed by atoms with Crippen molar-refractivity contribution in [1.82, 2.24) is 0 Å². The summed E-state index contributed by atoms with van der Waals surface area (Å²) >= 11 is 0. The van der Waals surface area contributed by atoms with Crippen LogP contribution in [0.25, 0.3) is 0 Å². The quantitative estimate of drug-likeness (QED) is 0.691. The Morgan fingerprint density at radius 1 is 1.40 bits per heavy atom. The smallest absolute Gasteiger partial charge is 0.306 e. The Balaban J connectivity index is 2.26. The van der Waals surface area contributed by atoms with Gasteiger partial charge in [-0.05, 0) is 38.5 Å². The molecule has 0 radical (unpaired) electrons. The molecule has 0 spiro atoms. The maximum Gasteiger partial charge on any atom is 0.306 e. The Bertz CT molecular complexity index is 191. The number of carboxylic acids is 1. The van der Waals surface area contributed by atoms with Crippen LogP contribution < -0.4 is 0 Å². The van der Waals surface area contributed by atoms with E-state index >= 15 is 0 Å². The maximum absolute atomic E-state index is 11.0. The summed E-state index contributed by atoms with van der Waals surface area (Å²) in [7, 11) is 0. The lowest BCUT2D eigenvalue weighted by atomic mass is 9.77. The maximum atomic E-state index is 11.0. The van der Waals surface area contributed by atoms with E-state index in [-0.39, 0.29) is 5.92 Å². The molecule has 1 N–H and O–H groups in total. The zero-order valence-corrected chi connectivity index (χ0v) is 9.58. The molecule has 1 fully saturated rings. The fourth-order valence-corrected chi connectivity index (χ4v) is 2.47. The molecule has 0 bridgehead atoms. The van der Waals surface area contributed by atoms with E-state index in [1.54, 1.807) is 0 Å². The normalized spacial score (nSPS) is 26.5. The molecule has 2 unspecified atom stereocenters. The van der Waals surface area contributed by atoms with Crippen molar-refractivity contribution in [2.45, 2.75) is 45.4 Å². The number of hydrogen-bond acceptors (Lipinski definition) is 2. The zero-order valence-electron chi connectivity index (χ0n) is 9.58. The zero-order chi connectivity index (χ0) is 11.1. The van der Waals surface area contributed by atoms with Gasteiger partial charge < -0.3 is 9.84 Å². The highest BCUT2D eigenvalue weighted by atomic mass is 16.5. The molecule has 15 heavy (non-hydrogen) atoms. The molecule has 0 amide bonds. The van der Waals surface area contributed by atoms with Crippen LogP contribution in [0.1, 0.15) is 45.4 Å². The summed E-state index contributed by atoms with van der Waals surface area (Å²) in [6.45, 7) is 3.52. The number of hydrogen-bond donors (Lipinski definition) is 1. The van der Waals surface area contributed by atoms with Crippen LogP contribution in [0.3, 0.4) is 0 Å². The molecule has 1 rings (SSSR count). The topological polar surface area (TPSA) is 46.5 Å². The molecule has 1 aliphatic carbocycles. The van der Waals surface area contributed by atoms with Gasteiger partial charge in [0.1, 0.15) is 0 Å². The number of aliphatic carboxylic acids is 1. The molecular weight excluding hydrogens is 192 g/mol. The van der Waals surface area contributed by atoms with E-state index < -0.39 is 5.97 Å². The molecule has 3 heteroatoms. The van der Waals surface area contributed by atoms with Crippen LogP contribution in [-0.2, 0) is 9.53 Å². The van der Waals surface area contributed by atoms with E-state index in [1.807, 2.05) is 6.92 Å². The summed E-state index contributed by atoms with van der Waals surface area (Å²) in [5, 5.41) is 9.08. The molecule has 0 heterocycles. The molecule has 2 atom stereocenters. The predicted molar refractivity (Wildman–Crippen MR) is 58.8 cm³/mol. The van der Waals surface area contributed by atoms with Crippen molar-refractivity contribution in [2.75, 3.05) is 13.2 Å². The minimum Gasteiger partial charge on any atom is -0.481 e. The third-order valence-corrected chi connectivity index (χ3v) is 3.29. The summed E-state index contributed by atoms with van der Waals surface area (Å²) in [6, 6.07) is 0. The van der Waals surface area contributed by atoms with Crippen molar-refractivity contribution >= 4 is 5.97 Å². The highest BCUT2D eigenvalue weighted by Gasteiger charge is 2.29. The standard InChI is InChI=1S/C12H22O3/c1-2-15-9-5-7-10-6-3-4-8-11(10)12(13)14/h10-11H,2-9H2,1H3,(H,13,14). The first-order chi connectivity index (χ1) is 7.25. The van der Waals surface area contributed by atoms with Gasteiger partial charge in [-0.15, -0.1) is 0 Å². The second-order valence-corrected chi connectivity index (χ2v) is 4.33. The average Bonchev–Trinajstić information content (AvgIpc) is 2.25. The highest BCUT2D eigenvalue weighted by Crippen LogP contribution is 2.33. The van der Waals surface area contributed by atoms with Gasteiger partial charge in [0, 0.05) is 13.2 Å². The van der Waals surface area contributed by atoms with Gasteiger partial charge in [0.2, 0.25) is 0 Å². The second-order valence-electron chi connectivity index (χ2n) is 4.33. The van der Waals surface area contributed by atoms with Crippen LogP contribution in [0.15, 0.2) is 0 Å². The summed E-state index contributed by atoms with van der Waals surface area (Å²) < 4.78 is 5.27. The third kappa shape index (κ3) is 4.20. The van der Waals surface area contributed by atoms with Crippen LogP contribution in [0.5, 0.6) is 0 Å². The van der Waals surface area contributed by atoms with Crippen LogP contribution in [0.4, 0.5) is 0 Å². The molecule has 1 aliphatic rings. The lowest BCUT2D eigenvalue weighted by Crippen LogP contribution is -2.27. The summed E-state index contributed by atoms with van der Waals surface area (Å²) in [4.78, 5) is 11.0. The Morgan fingerprint density at radius 3 is 2.80 bits per heavy atom. The van der Waals surface area contributed by atoms with Crippen molar-refractivity contribution in [2.24, 2.45) is 11.8 Å². The average molecular weight is 214 g/mol. The molecule has 3 nitrogen and oxygen atoms in total. The summed E-state index contributed by atoms with van der Waals surface area (Å²) in [6.07, 6.45) is 6.25.